The van der Waals surface area contributed by atoms with E-state index in [-0.39, 0.29) is 12.1 Å². The van der Waals surface area contributed by atoms with Gasteiger partial charge < -0.3 is 10.8 Å². The number of hydrogen-bond acceptors (Lipinski definition) is 3. The highest BCUT2D eigenvalue weighted by Crippen LogP contribution is 2.29. The number of guanidine groups is 1. The molecule has 70 valence electrons. The molecule has 12 heavy (non-hydrogen) atoms. The Morgan fingerprint density at radius 1 is 1.67 bits per heavy atom. The van der Waals surface area contributed by atoms with Gasteiger partial charge in [0.1, 0.15) is 0 Å². The van der Waals surface area contributed by atoms with Crippen LogP contribution in [0.15, 0.2) is 4.99 Å². The number of nitrogens with zero attached hydrogens (tertiary/aromatic N) is 1. The first-order valence-electron chi connectivity index (χ1n) is 4.18. The van der Waals surface area contributed by atoms with E-state index in [1.54, 1.807) is 0 Å². The fraction of sp³-hybridized carbons (Fsp3) is 0.857. The van der Waals surface area contributed by atoms with Crippen LogP contribution < -0.4 is 17.0 Å². The summed E-state index contributed by atoms with van der Waals surface area (Å²) in [4.78, 5) is 3.85. The van der Waals surface area contributed by atoms with Gasteiger partial charge in [0, 0.05) is 0 Å². The summed E-state index contributed by atoms with van der Waals surface area (Å²) in [6.45, 7) is 0.348. The van der Waals surface area contributed by atoms with Crippen LogP contribution in [0.25, 0.3) is 0 Å². The van der Waals surface area contributed by atoms with Gasteiger partial charge in [0.2, 0.25) is 5.96 Å². The van der Waals surface area contributed by atoms with Crippen molar-refractivity contribution < 1.29 is 5.11 Å². The van der Waals surface area contributed by atoms with Crippen LogP contribution in [0.2, 0.25) is 0 Å². The summed E-state index contributed by atoms with van der Waals surface area (Å²) in [5, 5.41) is 9.48. The lowest BCUT2D eigenvalue weighted by molar-refractivity contribution is 0.0699. The summed E-state index contributed by atoms with van der Waals surface area (Å²) in [5.74, 6) is 5.58. The number of aliphatic imine (C=N–C) groups is 1. The van der Waals surface area contributed by atoms with E-state index in [1.807, 2.05) is 0 Å². The smallest absolute Gasteiger partial charge is 0.203 e. The van der Waals surface area contributed by atoms with Crippen molar-refractivity contribution in [1.82, 2.24) is 5.43 Å². The van der Waals surface area contributed by atoms with E-state index >= 15 is 0 Å². The zero-order valence-corrected chi connectivity index (χ0v) is 7.03. The van der Waals surface area contributed by atoms with Gasteiger partial charge in [0.15, 0.2) is 0 Å². The van der Waals surface area contributed by atoms with E-state index < -0.39 is 0 Å². The molecule has 0 bridgehead atoms. The van der Waals surface area contributed by atoms with Crippen molar-refractivity contribution in [2.24, 2.45) is 22.5 Å². The number of rotatable bonds is 3. The molecule has 1 aliphatic carbocycles. The summed E-state index contributed by atoms with van der Waals surface area (Å²) in [5.41, 5.74) is 7.50. The molecule has 1 atom stereocenters. The number of aliphatic hydroxyl groups excluding tert-OH is 1. The van der Waals surface area contributed by atoms with Crippen LogP contribution in [0.1, 0.15) is 19.3 Å². The molecule has 5 heteroatoms. The second-order valence-corrected chi connectivity index (χ2v) is 3.13. The number of aliphatic hydroxyl groups is 1. The van der Waals surface area contributed by atoms with Crippen LogP contribution in [0.3, 0.4) is 0 Å². The Hall–Kier alpha value is -0.810. The standard InChI is InChI=1S/C7H16N4O/c8-7(11-9)10-4-6(12)5-2-1-3-5/h5-6,12H,1-4,9H2,(H3,8,10,11). The van der Waals surface area contributed by atoms with Crippen molar-refractivity contribution in [3.05, 3.63) is 0 Å². The molecule has 0 aliphatic heterocycles. The van der Waals surface area contributed by atoms with Gasteiger partial charge in [-0.3, -0.25) is 5.43 Å². The highest BCUT2D eigenvalue weighted by atomic mass is 16.3. The maximum absolute atomic E-state index is 9.48. The van der Waals surface area contributed by atoms with Crippen molar-refractivity contribution in [3.8, 4) is 0 Å². The molecule has 0 aromatic rings. The molecule has 1 unspecified atom stereocenters. The van der Waals surface area contributed by atoms with E-state index in [4.69, 9.17) is 11.6 Å². The largest absolute Gasteiger partial charge is 0.391 e. The number of hydrogen-bond donors (Lipinski definition) is 4. The molecule has 0 aromatic heterocycles. The zero-order valence-electron chi connectivity index (χ0n) is 7.03. The molecule has 5 nitrogen and oxygen atoms in total. The minimum Gasteiger partial charge on any atom is -0.391 e. The molecule has 0 aromatic carbocycles. The fourth-order valence-electron chi connectivity index (χ4n) is 1.21. The summed E-state index contributed by atoms with van der Waals surface area (Å²) >= 11 is 0. The summed E-state index contributed by atoms with van der Waals surface area (Å²) in [6, 6.07) is 0. The molecular weight excluding hydrogens is 156 g/mol. The van der Waals surface area contributed by atoms with Crippen molar-refractivity contribution in [1.29, 1.82) is 0 Å². The van der Waals surface area contributed by atoms with Crippen LogP contribution in [-0.4, -0.2) is 23.7 Å². The third-order valence-corrected chi connectivity index (χ3v) is 2.29. The minimum absolute atomic E-state index is 0.174. The lowest BCUT2D eigenvalue weighted by Gasteiger charge is -2.29. The lowest BCUT2D eigenvalue weighted by atomic mass is 9.81. The first-order chi connectivity index (χ1) is 5.74. The Kier molecular flexibility index (Phi) is 3.31. The van der Waals surface area contributed by atoms with Crippen LogP contribution in [0, 0.1) is 5.92 Å². The Balaban J connectivity index is 2.20. The van der Waals surface area contributed by atoms with E-state index in [1.165, 1.54) is 6.42 Å². The van der Waals surface area contributed by atoms with Gasteiger partial charge in [-0.2, -0.15) is 0 Å². The minimum atomic E-state index is -0.356. The van der Waals surface area contributed by atoms with Crippen LogP contribution in [0.4, 0.5) is 0 Å². The number of nitrogens with one attached hydrogen (secondary N) is 1. The molecule has 1 aliphatic rings. The van der Waals surface area contributed by atoms with E-state index in [9.17, 15) is 5.11 Å². The van der Waals surface area contributed by atoms with Crippen molar-refractivity contribution >= 4 is 5.96 Å². The van der Waals surface area contributed by atoms with Gasteiger partial charge in [-0.15, -0.1) is 0 Å². The van der Waals surface area contributed by atoms with Gasteiger partial charge in [0.25, 0.3) is 0 Å². The first-order valence-corrected chi connectivity index (χ1v) is 4.18. The zero-order chi connectivity index (χ0) is 8.97. The normalized spacial score (nSPS) is 21.7. The topological polar surface area (TPSA) is 96.7 Å². The molecule has 1 rings (SSSR count). The average Bonchev–Trinajstić information content (AvgIpc) is 1.97. The summed E-state index contributed by atoms with van der Waals surface area (Å²) < 4.78 is 0. The van der Waals surface area contributed by atoms with E-state index in [0.29, 0.717) is 12.5 Å². The predicted octanol–water partition coefficient (Wildman–Crippen LogP) is -1.07. The molecule has 0 radical (unpaired) electrons. The second kappa shape index (κ2) is 4.27. The van der Waals surface area contributed by atoms with Crippen LogP contribution in [-0.2, 0) is 0 Å². The number of nitrogens with two attached hydrogens (primary N) is 2. The molecule has 0 spiro atoms. The van der Waals surface area contributed by atoms with Gasteiger partial charge in [-0.1, -0.05) is 6.42 Å². The first kappa shape index (κ1) is 9.28. The Bertz CT molecular complexity index is 167. The molecule has 0 amide bonds. The molecule has 1 fully saturated rings. The Morgan fingerprint density at radius 3 is 2.75 bits per heavy atom. The molecule has 1 saturated carbocycles. The predicted molar refractivity (Wildman–Crippen MR) is 47.2 cm³/mol. The van der Waals surface area contributed by atoms with Gasteiger partial charge in [-0.25, -0.2) is 10.8 Å². The van der Waals surface area contributed by atoms with Crippen LogP contribution in [0.5, 0.6) is 0 Å². The van der Waals surface area contributed by atoms with Crippen molar-refractivity contribution in [3.63, 3.8) is 0 Å². The fourth-order valence-corrected chi connectivity index (χ4v) is 1.21. The van der Waals surface area contributed by atoms with E-state index in [0.717, 1.165) is 12.8 Å². The highest BCUT2D eigenvalue weighted by Gasteiger charge is 2.24. The van der Waals surface area contributed by atoms with E-state index in [2.05, 4.69) is 10.4 Å². The van der Waals surface area contributed by atoms with Crippen molar-refractivity contribution in [2.45, 2.75) is 25.4 Å². The van der Waals surface area contributed by atoms with Crippen molar-refractivity contribution in [2.75, 3.05) is 6.54 Å². The Morgan fingerprint density at radius 2 is 2.33 bits per heavy atom. The number of hydrazine groups is 1. The highest BCUT2D eigenvalue weighted by molar-refractivity contribution is 5.77. The van der Waals surface area contributed by atoms with Gasteiger partial charge >= 0.3 is 0 Å². The molecule has 0 saturated heterocycles. The molecular formula is C7H16N4O. The molecule has 0 heterocycles. The summed E-state index contributed by atoms with van der Waals surface area (Å²) in [7, 11) is 0. The SMILES string of the molecule is NNC(N)=NCC(O)C1CCC1. The lowest BCUT2D eigenvalue weighted by Crippen LogP contribution is -2.38. The third-order valence-electron chi connectivity index (χ3n) is 2.29. The maximum atomic E-state index is 9.48. The van der Waals surface area contributed by atoms with Crippen LogP contribution >= 0.6 is 0 Å². The maximum Gasteiger partial charge on any atom is 0.203 e. The van der Waals surface area contributed by atoms with Gasteiger partial charge in [-0.05, 0) is 18.8 Å². The molecule has 6 N–H and O–H groups in total. The third kappa shape index (κ3) is 2.35. The van der Waals surface area contributed by atoms with Gasteiger partial charge in [0.05, 0.1) is 12.6 Å². The monoisotopic (exact) mass is 172 g/mol. The Labute approximate surface area is 71.8 Å². The quantitative estimate of drug-likeness (QED) is 0.188. The average molecular weight is 172 g/mol. The summed E-state index contributed by atoms with van der Waals surface area (Å²) in [6.07, 6.45) is 3.07. The second-order valence-electron chi connectivity index (χ2n) is 3.13.